The number of nitrogens with zero attached hydrogens (tertiary/aromatic N) is 2. The SMILES string of the molecule is C[C@]1(O)C(N)=N[C@](C)(c2cc(Br)ncc2F)CS1(=O)=O. The van der Waals surface area contributed by atoms with Crippen LogP contribution in [0.4, 0.5) is 4.39 Å². The molecule has 0 aromatic carbocycles. The van der Waals surface area contributed by atoms with Crippen LogP contribution in [-0.4, -0.2) is 35.0 Å². The van der Waals surface area contributed by atoms with Crippen LogP contribution in [0.5, 0.6) is 0 Å². The Balaban J connectivity index is 2.69. The molecule has 1 aromatic rings. The molecule has 0 radical (unpaired) electrons. The van der Waals surface area contributed by atoms with Gasteiger partial charge in [0.1, 0.15) is 21.8 Å². The summed E-state index contributed by atoms with van der Waals surface area (Å²) in [7, 11) is -4.00. The van der Waals surface area contributed by atoms with E-state index < -0.39 is 37.7 Å². The number of pyridine rings is 1. The summed E-state index contributed by atoms with van der Waals surface area (Å²) in [4.78, 5) is 5.48. The monoisotopic (exact) mass is 365 g/mol. The van der Waals surface area contributed by atoms with E-state index >= 15 is 0 Å². The van der Waals surface area contributed by atoms with E-state index in [1.165, 1.54) is 13.0 Å². The second kappa shape index (κ2) is 4.47. The van der Waals surface area contributed by atoms with Crippen LogP contribution in [0.2, 0.25) is 0 Å². The molecule has 1 aromatic heterocycles. The molecule has 0 fully saturated rings. The van der Waals surface area contributed by atoms with Gasteiger partial charge in [-0.1, -0.05) is 0 Å². The first-order valence-electron chi connectivity index (χ1n) is 5.61. The first-order valence-corrected chi connectivity index (χ1v) is 8.06. The molecule has 2 atom stereocenters. The van der Waals surface area contributed by atoms with Crippen molar-refractivity contribution >= 4 is 31.6 Å². The zero-order chi connectivity index (χ0) is 15.3. The van der Waals surface area contributed by atoms with Crippen LogP contribution in [0, 0.1) is 5.82 Å². The minimum Gasteiger partial charge on any atom is -0.384 e. The Morgan fingerprint density at radius 1 is 1.50 bits per heavy atom. The van der Waals surface area contributed by atoms with Crippen LogP contribution in [-0.2, 0) is 15.4 Å². The molecule has 9 heteroatoms. The molecule has 0 saturated heterocycles. The van der Waals surface area contributed by atoms with Gasteiger partial charge in [0.15, 0.2) is 9.84 Å². The molecule has 2 rings (SSSR count). The largest absolute Gasteiger partial charge is 0.384 e. The summed E-state index contributed by atoms with van der Waals surface area (Å²) in [6.07, 6.45) is 0.968. The summed E-state index contributed by atoms with van der Waals surface area (Å²) in [6.45, 7) is 2.50. The van der Waals surface area contributed by atoms with E-state index in [1.807, 2.05) is 0 Å². The third-order valence-electron chi connectivity index (χ3n) is 3.32. The number of hydrogen-bond donors (Lipinski definition) is 2. The number of aliphatic hydroxyl groups is 1. The molecule has 1 aliphatic heterocycles. The van der Waals surface area contributed by atoms with Crippen molar-refractivity contribution in [1.82, 2.24) is 4.98 Å². The highest BCUT2D eigenvalue weighted by Crippen LogP contribution is 2.37. The second-order valence-corrected chi connectivity index (χ2v) is 8.13. The van der Waals surface area contributed by atoms with Gasteiger partial charge in [-0.05, 0) is 35.8 Å². The van der Waals surface area contributed by atoms with Crippen LogP contribution in [0.15, 0.2) is 21.9 Å². The summed E-state index contributed by atoms with van der Waals surface area (Å²) < 4.78 is 38.5. The van der Waals surface area contributed by atoms with E-state index in [0.29, 0.717) is 4.60 Å². The fourth-order valence-electron chi connectivity index (χ4n) is 2.04. The number of nitrogens with two attached hydrogens (primary N) is 1. The van der Waals surface area contributed by atoms with Gasteiger partial charge in [0.2, 0.25) is 4.93 Å². The Hall–Kier alpha value is -1.06. The van der Waals surface area contributed by atoms with Gasteiger partial charge in [-0.15, -0.1) is 0 Å². The van der Waals surface area contributed by atoms with Gasteiger partial charge < -0.3 is 10.8 Å². The zero-order valence-corrected chi connectivity index (χ0v) is 13.2. The summed E-state index contributed by atoms with van der Waals surface area (Å²) >= 11 is 3.10. The summed E-state index contributed by atoms with van der Waals surface area (Å²) in [6, 6.07) is 1.35. The fraction of sp³-hybridized carbons (Fsp3) is 0.455. The topological polar surface area (TPSA) is 106 Å². The molecular weight excluding hydrogens is 353 g/mol. The lowest BCUT2D eigenvalue weighted by atomic mass is 9.95. The Labute approximate surface area is 124 Å². The van der Waals surface area contributed by atoms with Crippen LogP contribution < -0.4 is 5.73 Å². The third kappa shape index (κ3) is 2.23. The number of hydrogen-bond acceptors (Lipinski definition) is 6. The molecule has 20 heavy (non-hydrogen) atoms. The van der Waals surface area contributed by atoms with E-state index in [1.54, 1.807) is 0 Å². The Morgan fingerprint density at radius 2 is 2.10 bits per heavy atom. The highest BCUT2D eigenvalue weighted by molar-refractivity contribution is 9.10. The van der Waals surface area contributed by atoms with Crippen LogP contribution in [0.3, 0.4) is 0 Å². The third-order valence-corrected chi connectivity index (χ3v) is 6.12. The number of rotatable bonds is 1. The Morgan fingerprint density at radius 3 is 2.65 bits per heavy atom. The average molecular weight is 366 g/mol. The number of aromatic nitrogens is 1. The van der Waals surface area contributed by atoms with Crippen molar-refractivity contribution in [3.63, 3.8) is 0 Å². The van der Waals surface area contributed by atoms with Gasteiger partial charge in [-0.25, -0.2) is 17.8 Å². The smallest absolute Gasteiger partial charge is 0.220 e. The lowest BCUT2D eigenvalue weighted by Gasteiger charge is -2.36. The summed E-state index contributed by atoms with van der Waals surface area (Å²) in [5.74, 6) is -1.70. The standard InChI is InChI=1S/C11H13BrFN3O3S/c1-10(6-3-8(12)15-4-7(6)13)5-20(18,19)11(2,17)9(14)16-10/h3-4,17H,5H2,1-2H3,(H2,14,16)/t10-,11+/m0/s1. The van der Waals surface area contributed by atoms with Gasteiger partial charge in [0.05, 0.1) is 11.9 Å². The molecule has 2 heterocycles. The Kier molecular flexibility index (Phi) is 3.43. The van der Waals surface area contributed by atoms with E-state index in [-0.39, 0.29) is 5.56 Å². The van der Waals surface area contributed by atoms with Crippen molar-refractivity contribution in [2.24, 2.45) is 10.7 Å². The van der Waals surface area contributed by atoms with Gasteiger partial charge in [-0.2, -0.15) is 0 Å². The van der Waals surface area contributed by atoms with E-state index in [2.05, 4.69) is 25.9 Å². The van der Waals surface area contributed by atoms with Crippen molar-refractivity contribution < 1.29 is 17.9 Å². The maximum absolute atomic E-state index is 13.9. The van der Waals surface area contributed by atoms with Crippen molar-refractivity contribution in [3.05, 3.63) is 28.2 Å². The van der Waals surface area contributed by atoms with Crippen molar-refractivity contribution in [2.75, 3.05) is 5.75 Å². The number of sulfone groups is 1. The Bertz CT molecular complexity index is 705. The van der Waals surface area contributed by atoms with Gasteiger partial charge >= 0.3 is 0 Å². The summed E-state index contributed by atoms with van der Waals surface area (Å²) in [5.41, 5.74) is 4.19. The maximum Gasteiger partial charge on any atom is 0.220 e. The summed E-state index contributed by atoms with van der Waals surface area (Å²) in [5, 5.41) is 9.91. The number of halogens is 2. The molecule has 0 unspecified atom stereocenters. The fourth-order valence-corrected chi connectivity index (χ4v) is 3.97. The molecule has 0 aliphatic carbocycles. The van der Waals surface area contributed by atoms with Crippen molar-refractivity contribution in [1.29, 1.82) is 0 Å². The quantitative estimate of drug-likeness (QED) is 0.712. The van der Waals surface area contributed by atoms with Crippen molar-refractivity contribution in [3.8, 4) is 0 Å². The maximum atomic E-state index is 13.9. The number of aliphatic imine (C=N–C) groups is 1. The van der Waals surface area contributed by atoms with Crippen LogP contribution in [0.1, 0.15) is 19.4 Å². The number of amidine groups is 1. The average Bonchev–Trinajstić information content (AvgIpc) is 2.29. The van der Waals surface area contributed by atoms with Gasteiger partial charge in [-0.3, -0.25) is 4.99 Å². The molecule has 0 amide bonds. The van der Waals surface area contributed by atoms with E-state index in [4.69, 9.17) is 5.73 Å². The molecular formula is C11H13BrFN3O3S. The normalized spacial score (nSPS) is 32.8. The molecule has 110 valence electrons. The first kappa shape index (κ1) is 15.3. The molecule has 0 bridgehead atoms. The predicted octanol–water partition coefficient (Wildman–Crippen LogP) is 0.693. The zero-order valence-electron chi connectivity index (χ0n) is 10.8. The molecule has 0 saturated carbocycles. The lowest BCUT2D eigenvalue weighted by Crippen LogP contribution is -2.56. The molecule has 3 N–H and O–H groups in total. The van der Waals surface area contributed by atoms with Gasteiger partial charge in [0.25, 0.3) is 0 Å². The molecule has 1 aliphatic rings. The van der Waals surface area contributed by atoms with Gasteiger partial charge in [0, 0.05) is 5.56 Å². The molecule has 6 nitrogen and oxygen atoms in total. The predicted molar refractivity (Wildman–Crippen MR) is 75.3 cm³/mol. The lowest BCUT2D eigenvalue weighted by molar-refractivity contribution is 0.204. The molecule has 0 spiro atoms. The highest BCUT2D eigenvalue weighted by Gasteiger charge is 2.51. The second-order valence-electron chi connectivity index (χ2n) is 5.00. The van der Waals surface area contributed by atoms with Crippen LogP contribution >= 0.6 is 15.9 Å². The minimum atomic E-state index is -4.00. The minimum absolute atomic E-state index is 0.0430. The van der Waals surface area contributed by atoms with Crippen molar-refractivity contribution in [2.45, 2.75) is 24.3 Å². The highest BCUT2D eigenvalue weighted by atomic mass is 79.9. The van der Waals surface area contributed by atoms with E-state index in [9.17, 15) is 17.9 Å². The first-order chi connectivity index (χ1) is 8.99. The van der Waals surface area contributed by atoms with E-state index in [0.717, 1.165) is 13.1 Å². The van der Waals surface area contributed by atoms with Crippen LogP contribution in [0.25, 0.3) is 0 Å².